The van der Waals surface area contributed by atoms with E-state index in [0.29, 0.717) is 0 Å². The molecule has 94 heavy (non-hydrogen) atoms. The van der Waals surface area contributed by atoms with Gasteiger partial charge < -0.3 is 109 Å². The molecule has 25 unspecified atom stereocenters. The van der Waals surface area contributed by atoms with Crippen LogP contribution in [0.4, 0.5) is 0 Å². The second kappa shape index (κ2) is 36.1. The van der Waals surface area contributed by atoms with Gasteiger partial charge in [-0.1, -0.05) is 146 Å². The van der Waals surface area contributed by atoms with Gasteiger partial charge in [0, 0.05) is 39.1 Å². The minimum absolute atomic E-state index is 0.609. The highest BCUT2D eigenvalue weighted by Crippen LogP contribution is 2.38. The van der Waals surface area contributed by atoms with Crippen LogP contribution in [0.25, 0.3) is 24.3 Å². The highest BCUT2D eigenvalue weighted by Gasteiger charge is 2.57. The molecule has 0 saturated carbocycles. The van der Waals surface area contributed by atoms with Crippen LogP contribution in [0, 0.1) is 0 Å². The van der Waals surface area contributed by atoms with E-state index in [2.05, 4.69) is 20.0 Å². The second-order valence-electron chi connectivity index (χ2n) is 22.7. The molecule has 0 radical (unpaired) electrons. The van der Waals surface area contributed by atoms with E-state index in [-0.39, 0.29) is 0 Å². The van der Waals surface area contributed by atoms with E-state index in [1.807, 2.05) is 121 Å². The summed E-state index contributed by atoms with van der Waals surface area (Å²) in [5.41, 5.74) is 10.1. The molecule has 5 aliphatic rings. The fourth-order valence-electron chi connectivity index (χ4n) is 11.6. The largest absolute Gasteiger partial charge is 0.394 e. The Labute approximate surface area is 544 Å². The van der Waals surface area contributed by atoms with E-state index >= 15 is 0 Å². The Balaban J connectivity index is 0.947. The topological polar surface area (TPSA) is 379 Å². The molecule has 26 nitrogen and oxygen atoms in total. The van der Waals surface area contributed by atoms with Gasteiger partial charge in [0.25, 0.3) is 0 Å². The SMILES string of the molecule is COC1OC(CO)C(OC2OC(CO)C(OC3OC(CO)C(OC4OC(CO)C(OC5OC(CO)C(OC)C(O)C5/N=C/C=C/c5ccccc5)C(O)C4/N=C/C=C/c4ccccc4)C(O)C3N)C(O)C2/N=C/C=C/c2ccccc2)C(O)C1/N=C/C=C/c1ccccc1. The van der Waals surface area contributed by atoms with E-state index in [4.69, 9.17) is 57.8 Å². The summed E-state index contributed by atoms with van der Waals surface area (Å²) in [6.45, 7) is -3.77. The van der Waals surface area contributed by atoms with Gasteiger partial charge in [-0.3, -0.25) is 20.0 Å². The number of methoxy groups -OCH3 is 2. The fourth-order valence-corrected chi connectivity index (χ4v) is 11.6. The summed E-state index contributed by atoms with van der Waals surface area (Å²) in [6, 6.07) is 30.5. The number of rotatable bonds is 27. The van der Waals surface area contributed by atoms with Crippen molar-refractivity contribution >= 4 is 49.2 Å². The molecule has 26 heteroatoms. The Morgan fingerprint density at radius 3 is 0.872 bits per heavy atom. The van der Waals surface area contributed by atoms with Crippen LogP contribution in [0.15, 0.2) is 166 Å². The lowest BCUT2D eigenvalue weighted by molar-refractivity contribution is -0.364. The second-order valence-corrected chi connectivity index (χ2v) is 22.7. The monoisotopic (exact) mass is 1310 g/mol. The smallest absolute Gasteiger partial charge is 0.183 e. The molecule has 0 spiro atoms. The molecule has 12 N–H and O–H groups in total. The lowest BCUT2D eigenvalue weighted by Crippen LogP contribution is -2.69. The fraction of sp³-hybridized carbons (Fsp3) is 0.471. The van der Waals surface area contributed by atoms with Gasteiger partial charge in [-0.15, -0.1) is 0 Å². The number of allylic oxidation sites excluding steroid dienone is 4. The van der Waals surface area contributed by atoms with Crippen LogP contribution in [0.1, 0.15) is 22.3 Å². The highest BCUT2D eigenvalue weighted by molar-refractivity contribution is 5.80. The first-order valence-electron chi connectivity index (χ1n) is 31.0. The van der Waals surface area contributed by atoms with Gasteiger partial charge in [0.05, 0.1) is 39.1 Å². The van der Waals surface area contributed by atoms with Crippen molar-refractivity contribution in [2.75, 3.05) is 47.3 Å². The lowest BCUT2D eigenvalue weighted by atomic mass is 9.93. The number of aliphatic hydroxyl groups is 10. The van der Waals surface area contributed by atoms with Crippen molar-refractivity contribution in [2.24, 2.45) is 25.7 Å². The molecule has 508 valence electrons. The van der Waals surface area contributed by atoms with Crippen molar-refractivity contribution in [3.8, 4) is 0 Å². The van der Waals surface area contributed by atoms with E-state index in [0.717, 1.165) is 22.3 Å². The first kappa shape index (κ1) is 71.9. The Kier molecular flexibility index (Phi) is 27.6. The van der Waals surface area contributed by atoms with Crippen LogP contribution in [0.3, 0.4) is 0 Å². The number of nitrogens with zero attached hydrogens (tertiary/aromatic N) is 4. The predicted molar refractivity (Wildman–Crippen MR) is 345 cm³/mol. The van der Waals surface area contributed by atoms with Crippen LogP contribution < -0.4 is 5.73 Å². The predicted octanol–water partition coefficient (Wildman–Crippen LogP) is 0.518. The normalized spacial score (nSPS) is 37.0. The maximum Gasteiger partial charge on any atom is 0.183 e. The Hall–Kier alpha value is -6.36. The zero-order valence-electron chi connectivity index (χ0n) is 51.8. The number of aliphatic imine (C=N–C) groups is 4. The summed E-state index contributed by atoms with van der Waals surface area (Å²) < 4.78 is 67.9. The van der Waals surface area contributed by atoms with E-state index in [1.165, 1.54) is 39.1 Å². The molecule has 5 fully saturated rings. The first-order valence-corrected chi connectivity index (χ1v) is 31.0. The van der Waals surface area contributed by atoms with E-state index in [1.54, 1.807) is 48.6 Å². The number of aliphatic hydroxyl groups excluding tert-OH is 10. The van der Waals surface area contributed by atoms with Crippen molar-refractivity contribution in [3.05, 3.63) is 168 Å². The van der Waals surface area contributed by atoms with Crippen LogP contribution in [-0.2, 0) is 52.1 Å². The van der Waals surface area contributed by atoms with Crippen LogP contribution in [0.2, 0.25) is 0 Å². The van der Waals surface area contributed by atoms with Gasteiger partial charge in [-0.25, -0.2) is 0 Å². The highest BCUT2D eigenvalue weighted by atomic mass is 16.8. The van der Waals surface area contributed by atoms with E-state index in [9.17, 15) is 51.1 Å². The Morgan fingerprint density at radius 2 is 0.585 bits per heavy atom. The standard InChI is InChI=1S/C68H85N5O21/c1-84-59-44(35-74)88-66(51(55(59)80)71-32-16-28-41-21-9-4-10-22-41)94-63-48(39-78)90-67(53(58(63)83)73-34-18-30-43-25-13-6-14-26-43)92-60-45(36-75)86-64(49(69)54(60)79)91-61-47(38-77)89-68(52(57(61)82)72-33-17-29-42-23-11-5-12-24-42)93-62-46(37-76)87-65(85-2)50(56(62)81)70-31-15-27-40-19-7-3-8-20-40/h3-34,44-68,74-83H,35-39,69H2,1-2H3/b27-15+,28-16+,29-17+,30-18+,70-31+,71-32+,72-33+,73-34+. The zero-order chi connectivity index (χ0) is 66.5. The summed E-state index contributed by atoms with van der Waals surface area (Å²) >= 11 is 0. The molecule has 25 atom stereocenters. The molecule has 0 aliphatic carbocycles. The molecule has 4 aromatic carbocycles. The van der Waals surface area contributed by atoms with Gasteiger partial charge in [-0.05, 0) is 46.6 Å². The quantitative estimate of drug-likeness (QED) is 0.0363. The van der Waals surface area contributed by atoms with Crippen LogP contribution >= 0.6 is 0 Å². The molecule has 5 heterocycles. The van der Waals surface area contributed by atoms with Gasteiger partial charge in [0.1, 0.15) is 116 Å². The number of benzene rings is 4. The van der Waals surface area contributed by atoms with Gasteiger partial charge >= 0.3 is 0 Å². The average Bonchev–Trinajstić information content (AvgIpc) is 0.875. The molecule has 5 aliphatic heterocycles. The molecular formula is C68H85N5O21. The first-order chi connectivity index (χ1) is 45.8. The summed E-state index contributed by atoms with van der Waals surface area (Å²) in [5, 5.41) is 115. The van der Waals surface area contributed by atoms with Crippen LogP contribution in [-0.4, -0.2) is 276 Å². The molecule has 0 aromatic heterocycles. The maximum absolute atomic E-state index is 12.4. The van der Waals surface area contributed by atoms with Crippen molar-refractivity contribution in [1.82, 2.24) is 0 Å². The van der Waals surface area contributed by atoms with Crippen molar-refractivity contribution in [3.63, 3.8) is 0 Å². The summed E-state index contributed by atoms with van der Waals surface area (Å²) in [5.74, 6) is 0. The number of nitrogens with two attached hydrogens (primary N) is 1. The zero-order valence-corrected chi connectivity index (χ0v) is 51.8. The number of ether oxygens (including phenoxy) is 11. The van der Waals surface area contributed by atoms with Crippen molar-refractivity contribution in [2.45, 2.75) is 153 Å². The molecule has 5 saturated heterocycles. The van der Waals surface area contributed by atoms with Gasteiger partial charge in [-0.2, -0.15) is 0 Å². The summed E-state index contributed by atoms with van der Waals surface area (Å²) in [7, 11) is 2.69. The third kappa shape index (κ3) is 18.2. The third-order valence-corrected chi connectivity index (χ3v) is 16.6. The maximum atomic E-state index is 12.4. The number of hydrogen-bond acceptors (Lipinski definition) is 26. The Morgan fingerprint density at radius 1 is 0.340 bits per heavy atom. The van der Waals surface area contributed by atoms with Crippen molar-refractivity contribution in [1.29, 1.82) is 0 Å². The average molecular weight is 1310 g/mol. The minimum atomic E-state index is -1.80. The van der Waals surface area contributed by atoms with Gasteiger partial charge in [0.2, 0.25) is 0 Å². The van der Waals surface area contributed by atoms with Crippen molar-refractivity contribution < 1.29 is 103 Å². The molecule has 0 amide bonds. The van der Waals surface area contributed by atoms with Crippen LogP contribution in [0.5, 0.6) is 0 Å². The summed E-state index contributed by atoms with van der Waals surface area (Å²) in [4.78, 5) is 18.3. The third-order valence-electron chi connectivity index (χ3n) is 16.6. The van der Waals surface area contributed by atoms with Gasteiger partial charge in [0.15, 0.2) is 31.5 Å². The van der Waals surface area contributed by atoms with E-state index < -0.39 is 186 Å². The molecular weight excluding hydrogens is 1220 g/mol. The minimum Gasteiger partial charge on any atom is -0.394 e. The Bertz CT molecular complexity index is 3120. The molecule has 4 aromatic rings. The summed E-state index contributed by atoms with van der Waals surface area (Å²) in [6.07, 6.45) is -10.5. The number of hydrogen-bond donors (Lipinski definition) is 11. The molecule has 0 bridgehead atoms. The lowest BCUT2D eigenvalue weighted by Gasteiger charge is -2.50. The molecule has 9 rings (SSSR count).